The van der Waals surface area contributed by atoms with Gasteiger partial charge in [0.2, 0.25) is 5.91 Å². The van der Waals surface area contributed by atoms with Gasteiger partial charge >= 0.3 is 0 Å². The van der Waals surface area contributed by atoms with Crippen molar-refractivity contribution >= 4 is 55.0 Å². The summed E-state index contributed by atoms with van der Waals surface area (Å²) < 4.78 is 28.8. The number of hydrogen-bond donors (Lipinski definition) is 2. The molecular weight excluding hydrogens is 424 g/mol. The fourth-order valence-electron chi connectivity index (χ4n) is 2.37. The van der Waals surface area contributed by atoms with Crippen molar-refractivity contribution in [1.29, 1.82) is 0 Å². The first-order valence-corrected chi connectivity index (χ1v) is 10.9. The topological polar surface area (TPSA) is 75.3 Å². The van der Waals surface area contributed by atoms with Crippen molar-refractivity contribution in [3.63, 3.8) is 0 Å². The minimum Gasteiger partial charge on any atom is -0.325 e. The largest absolute Gasteiger partial charge is 0.325 e. The summed E-state index contributed by atoms with van der Waals surface area (Å²) in [6.45, 7) is 3.74. The molecule has 25 heavy (non-hydrogen) atoms. The predicted molar refractivity (Wildman–Crippen MR) is 105 cm³/mol. The van der Waals surface area contributed by atoms with Gasteiger partial charge in [-0.3, -0.25) is 9.52 Å². The van der Waals surface area contributed by atoms with Gasteiger partial charge < -0.3 is 5.32 Å². The Morgan fingerprint density at radius 2 is 2.00 bits per heavy atom. The lowest BCUT2D eigenvalue weighted by atomic mass is 10.2. The van der Waals surface area contributed by atoms with E-state index in [0.717, 1.165) is 14.9 Å². The van der Waals surface area contributed by atoms with Crippen molar-refractivity contribution in [3.05, 3.63) is 46.4 Å². The zero-order chi connectivity index (χ0) is 18.2. The summed E-state index contributed by atoms with van der Waals surface area (Å²) in [4.78, 5) is 13.0. The predicted octanol–water partition coefficient (Wildman–Crippen LogP) is 4.24. The number of benzene rings is 2. The van der Waals surface area contributed by atoms with E-state index in [-0.39, 0.29) is 16.7 Å². The maximum Gasteiger partial charge on any atom is 0.261 e. The molecule has 0 saturated heterocycles. The van der Waals surface area contributed by atoms with Crippen LogP contribution in [0.4, 0.5) is 11.4 Å². The number of sulfonamides is 1. The first-order valence-electron chi connectivity index (χ1n) is 7.63. The van der Waals surface area contributed by atoms with E-state index in [1.54, 1.807) is 42.1 Å². The summed E-state index contributed by atoms with van der Waals surface area (Å²) >= 11 is 4.94. The molecule has 0 spiro atoms. The fourth-order valence-corrected chi connectivity index (χ4v) is 4.70. The van der Waals surface area contributed by atoms with Gasteiger partial charge in [-0.1, -0.05) is 22.9 Å². The lowest BCUT2D eigenvalue weighted by Gasteiger charge is -2.12. The highest BCUT2D eigenvalue weighted by Crippen LogP contribution is 2.34. The Balaban J connectivity index is 1.91. The minimum absolute atomic E-state index is 0.0997. The minimum atomic E-state index is -3.75. The number of halogens is 1. The highest BCUT2D eigenvalue weighted by Gasteiger charge is 2.23. The lowest BCUT2D eigenvalue weighted by Crippen LogP contribution is -2.20. The normalized spacial score (nSPS) is 17.4. The summed E-state index contributed by atoms with van der Waals surface area (Å²) in [5, 5.41) is 2.81. The molecule has 5 nitrogen and oxygen atoms in total. The number of hydrogen-bond acceptors (Lipinski definition) is 4. The van der Waals surface area contributed by atoms with Crippen LogP contribution in [0.1, 0.15) is 12.5 Å². The molecule has 0 saturated carbocycles. The van der Waals surface area contributed by atoms with Crippen molar-refractivity contribution in [3.8, 4) is 0 Å². The molecule has 0 aromatic heterocycles. The Hall–Kier alpha value is -1.51. The Kier molecular flexibility index (Phi) is 5.13. The molecule has 0 aliphatic carbocycles. The Morgan fingerprint density at radius 1 is 1.24 bits per heavy atom. The summed E-state index contributed by atoms with van der Waals surface area (Å²) in [6.07, 6.45) is 0. The van der Waals surface area contributed by atoms with Gasteiger partial charge in [0, 0.05) is 26.7 Å². The molecule has 2 aromatic rings. The fraction of sp³-hybridized carbons (Fsp3) is 0.235. The zero-order valence-corrected chi connectivity index (χ0v) is 16.9. The van der Waals surface area contributed by atoms with Crippen molar-refractivity contribution in [2.45, 2.75) is 23.6 Å². The maximum absolute atomic E-state index is 12.7. The molecule has 0 radical (unpaired) electrons. The number of nitrogens with one attached hydrogen (secondary N) is 2. The molecule has 2 N–H and O–H groups in total. The van der Waals surface area contributed by atoms with Gasteiger partial charge in [0.15, 0.2) is 0 Å². The molecule has 2 aromatic carbocycles. The molecule has 3 rings (SSSR count). The van der Waals surface area contributed by atoms with Gasteiger partial charge in [-0.2, -0.15) is 0 Å². The molecule has 1 aliphatic heterocycles. The molecule has 0 fully saturated rings. The Morgan fingerprint density at radius 3 is 2.72 bits per heavy atom. The van der Waals surface area contributed by atoms with Crippen LogP contribution in [0.2, 0.25) is 0 Å². The third kappa shape index (κ3) is 4.02. The van der Waals surface area contributed by atoms with E-state index in [1.807, 2.05) is 13.8 Å². The van der Waals surface area contributed by atoms with E-state index >= 15 is 0 Å². The van der Waals surface area contributed by atoms with Gasteiger partial charge in [0.1, 0.15) is 0 Å². The maximum atomic E-state index is 12.7. The number of carbonyl (C=O) groups is 1. The van der Waals surface area contributed by atoms with E-state index in [0.29, 0.717) is 17.1 Å². The molecule has 1 aliphatic rings. The molecule has 8 heteroatoms. The number of carbonyl (C=O) groups excluding carboxylic acids is 1. The van der Waals surface area contributed by atoms with Crippen LogP contribution in [0.15, 0.2) is 50.7 Å². The monoisotopic (exact) mass is 440 g/mol. The van der Waals surface area contributed by atoms with Gasteiger partial charge in [-0.25, -0.2) is 8.42 Å². The second-order valence-corrected chi connectivity index (χ2v) is 9.53. The first-order chi connectivity index (χ1) is 11.8. The van der Waals surface area contributed by atoms with E-state index in [9.17, 15) is 13.2 Å². The van der Waals surface area contributed by atoms with Crippen LogP contribution < -0.4 is 10.0 Å². The van der Waals surface area contributed by atoms with Gasteiger partial charge in [0.25, 0.3) is 10.0 Å². The zero-order valence-electron chi connectivity index (χ0n) is 13.7. The van der Waals surface area contributed by atoms with Crippen LogP contribution >= 0.6 is 27.7 Å². The van der Waals surface area contributed by atoms with Crippen LogP contribution in [0.25, 0.3) is 0 Å². The summed E-state index contributed by atoms with van der Waals surface area (Å²) in [6, 6.07) is 10.0. The Labute approximate surface area is 159 Å². The smallest absolute Gasteiger partial charge is 0.261 e. The molecule has 132 valence electrons. The second-order valence-electron chi connectivity index (χ2n) is 5.93. The van der Waals surface area contributed by atoms with Crippen molar-refractivity contribution in [2.75, 3.05) is 15.8 Å². The highest BCUT2D eigenvalue weighted by molar-refractivity contribution is 9.10. The van der Waals surface area contributed by atoms with Crippen molar-refractivity contribution in [1.82, 2.24) is 0 Å². The van der Waals surface area contributed by atoms with Crippen LogP contribution in [-0.4, -0.2) is 20.1 Å². The average Bonchev–Trinajstić information content (AvgIpc) is 2.69. The Bertz CT molecular complexity index is 945. The van der Waals surface area contributed by atoms with E-state index in [2.05, 4.69) is 26.0 Å². The number of amides is 1. The van der Waals surface area contributed by atoms with Crippen molar-refractivity contribution < 1.29 is 13.2 Å². The third-order valence-corrected chi connectivity index (χ3v) is 7.47. The molecule has 1 amide bonds. The number of aryl methyl sites for hydroxylation is 1. The first kappa shape index (κ1) is 18.3. The molecular formula is C17H17BrN2O3S2. The van der Waals surface area contributed by atoms with Crippen LogP contribution in [0, 0.1) is 12.8 Å². The number of rotatable bonds is 3. The third-order valence-electron chi connectivity index (χ3n) is 3.87. The van der Waals surface area contributed by atoms with E-state index in [4.69, 9.17) is 0 Å². The van der Waals surface area contributed by atoms with Gasteiger partial charge in [-0.05, 0) is 48.9 Å². The molecule has 1 atom stereocenters. The molecule has 0 bridgehead atoms. The van der Waals surface area contributed by atoms with Crippen LogP contribution in [-0.2, 0) is 14.8 Å². The number of anilines is 2. The van der Waals surface area contributed by atoms with Crippen LogP contribution in [0.3, 0.4) is 0 Å². The summed E-state index contributed by atoms with van der Waals surface area (Å²) in [5.74, 6) is 0.445. The molecule has 1 heterocycles. The number of fused-ring (bicyclic) bond motifs is 1. The average molecular weight is 441 g/mol. The number of thioether (sulfide) groups is 1. The standard InChI is InChI=1S/C17H17BrN2O3S2/c1-10-7-12(3-5-14(10)18)20-25(22,23)13-4-6-16-15(8-13)19-17(21)11(2)9-24-16/h3-8,11,20H,9H2,1-2H3,(H,19,21)/t11-/m0/s1. The lowest BCUT2D eigenvalue weighted by molar-refractivity contribution is -0.118. The van der Waals surface area contributed by atoms with E-state index < -0.39 is 10.0 Å². The molecule has 0 unspecified atom stereocenters. The van der Waals surface area contributed by atoms with Crippen LogP contribution in [0.5, 0.6) is 0 Å². The van der Waals surface area contributed by atoms with Gasteiger partial charge in [-0.15, -0.1) is 11.8 Å². The SMILES string of the molecule is Cc1cc(NS(=O)(=O)c2ccc3c(c2)NC(=O)[C@@H](C)CS3)ccc1Br. The summed E-state index contributed by atoms with van der Waals surface area (Å²) in [7, 11) is -3.75. The van der Waals surface area contributed by atoms with E-state index in [1.165, 1.54) is 6.07 Å². The second kappa shape index (κ2) is 7.01. The van der Waals surface area contributed by atoms with Crippen molar-refractivity contribution in [2.24, 2.45) is 5.92 Å². The highest BCUT2D eigenvalue weighted by atomic mass is 79.9. The van der Waals surface area contributed by atoms with Gasteiger partial charge in [0.05, 0.1) is 10.6 Å². The quantitative estimate of drug-likeness (QED) is 0.747. The summed E-state index contributed by atoms with van der Waals surface area (Å²) in [5.41, 5.74) is 1.96.